The fourth-order valence-corrected chi connectivity index (χ4v) is 3.41. The molecule has 0 saturated carbocycles. The fraction of sp³-hybridized carbons (Fsp3) is 1.00. The van der Waals surface area contributed by atoms with Gasteiger partial charge in [-0.15, -0.1) is 0 Å². The van der Waals surface area contributed by atoms with Gasteiger partial charge in [-0.25, -0.2) is 0 Å². The Morgan fingerprint density at radius 1 is 0.395 bits per heavy atom. The molecule has 0 rings (SSSR count). The van der Waals surface area contributed by atoms with E-state index in [-0.39, 0.29) is 0 Å². The van der Waals surface area contributed by atoms with Gasteiger partial charge in [0.15, 0.2) is 0 Å². The summed E-state index contributed by atoms with van der Waals surface area (Å²) in [6, 6.07) is 0. The predicted molar refractivity (Wildman–Crippen MR) is 86.9 cm³/mol. The van der Waals surface area contributed by atoms with Gasteiger partial charge in [0.2, 0.25) is 0 Å². The van der Waals surface area contributed by atoms with Gasteiger partial charge >= 0.3 is 37.1 Å². The normalized spacial score (nSPS) is 16.8. The molecule has 3 nitrogen and oxygen atoms in total. The van der Waals surface area contributed by atoms with E-state index in [1.165, 1.54) is 0 Å². The highest BCUT2D eigenvalue weighted by molar-refractivity contribution is 5.01. The second-order valence-electron chi connectivity index (χ2n) is 8.73. The average molecular weight is 612 g/mol. The predicted octanol–water partition coefficient (Wildman–Crippen LogP) is 6.76. The Bertz CT molecular complexity index is 688. The van der Waals surface area contributed by atoms with Gasteiger partial charge in [-0.2, -0.15) is 79.0 Å². The maximum atomic E-state index is 13.0. The van der Waals surface area contributed by atoms with Crippen LogP contribution in [0, 0.1) is 11.8 Å². The molecule has 0 bridgehead atoms. The molecule has 0 fully saturated rings. The average Bonchev–Trinajstić information content (AvgIpc) is 2.60. The van der Waals surface area contributed by atoms with Crippen LogP contribution < -0.4 is 0 Å². The van der Waals surface area contributed by atoms with E-state index in [4.69, 9.17) is 5.11 Å². The van der Waals surface area contributed by atoms with Crippen LogP contribution in [0.1, 0.15) is 39.0 Å². The Kier molecular flexibility index (Phi) is 10.2. The Balaban J connectivity index is 6.47. The number of hydrogen-bond acceptors (Lipinski definition) is 3. The number of aliphatic hydroxyl groups is 3. The van der Waals surface area contributed by atoms with Crippen LogP contribution in [0.15, 0.2) is 0 Å². The molecule has 0 amide bonds. The first kappa shape index (κ1) is 36.6. The molecule has 0 aliphatic heterocycles. The summed E-state index contributed by atoms with van der Waals surface area (Å²) in [5, 5.41) is 27.5. The minimum Gasteiger partial charge on any atom is -0.374 e. The Morgan fingerprint density at radius 3 is 0.816 bits per heavy atom. The largest absolute Gasteiger partial charge is 0.426 e. The molecule has 3 N–H and O–H groups in total. The Morgan fingerprint density at radius 2 is 0.605 bits per heavy atom. The lowest BCUT2D eigenvalue weighted by atomic mass is 9.77. The number of rotatable bonds is 9. The van der Waals surface area contributed by atoms with Gasteiger partial charge in [-0.3, -0.25) is 0 Å². The third-order valence-corrected chi connectivity index (χ3v) is 5.69. The topological polar surface area (TPSA) is 60.7 Å². The molecule has 0 aromatic heterocycles. The van der Waals surface area contributed by atoms with Crippen molar-refractivity contribution in [2.45, 2.75) is 92.9 Å². The summed E-state index contributed by atoms with van der Waals surface area (Å²) in [4.78, 5) is 0. The van der Waals surface area contributed by atoms with Gasteiger partial charge in [-0.05, 0) is 37.5 Å². The number of halogens is 18. The maximum absolute atomic E-state index is 13.0. The van der Waals surface area contributed by atoms with Gasteiger partial charge in [0.1, 0.15) is 0 Å². The molecule has 0 aromatic rings. The van der Waals surface area contributed by atoms with E-state index in [1.54, 1.807) is 0 Å². The lowest BCUT2D eigenvalue weighted by molar-refractivity contribution is -0.384. The van der Waals surface area contributed by atoms with E-state index in [9.17, 15) is 89.2 Å². The zero-order chi connectivity index (χ0) is 31.2. The zero-order valence-corrected chi connectivity index (χ0v) is 18.3. The second kappa shape index (κ2) is 10.5. The van der Waals surface area contributed by atoms with Gasteiger partial charge in [0.25, 0.3) is 16.8 Å². The molecule has 0 saturated heterocycles. The van der Waals surface area contributed by atoms with E-state index in [1.807, 2.05) is 0 Å². The van der Waals surface area contributed by atoms with Gasteiger partial charge < -0.3 is 15.3 Å². The van der Waals surface area contributed by atoms with E-state index in [2.05, 4.69) is 0 Å². The third kappa shape index (κ3) is 7.42. The van der Waals surface area contributed by atoms with Crippen LogP contribution in [-0.4, -0.2) is 69.2 Å². The molecule has 0 spiro atoms. The lowest BCUT2D eigenvalue weighted by Crippen LogP contribution is -2.60. The number of hydrogen-bond donors (Lipinski definition) is 3. The van der Waals surface area contributed by atoms with Gasteiger partial charge in [0.05, 0.1) is 0 Å². The molecule has 0 aromatic carbocycles. The quantitative estimate of drug-likeness (QED) is 0.253. The van der Waals surface area contributed by atoms with E-state index in [0.29, 0.717) is 6.92 Å². The zero-order valence-electron chi connectivity index (χ0n) is 18.3. The third-order valence-electron chi connectivity index (χ3n) is 5.69. The van der Waals surface area contributed by atoms with Crippen LogP contribution in [0.3, 0.4) is 0 Å². The molecular formula is C17H18F18O3. The van der Waals surface area contributed by atoms with E-state index >= 15 is 0 Å². The molecule has 0 aliphatic carbocycles. The second-order valence-corrected chi connectivity index (χ2v) is 8.73. The minimum absolute atomic E-state index is 0.374. The fourth-order valence-electron chi connectivity index (χ4n) is 3.41. The minimum atomic E-state index is -6.80. The first-order valence-corrected chi connectivity index (χ1v) is 9.75. The van der Waals surface area contributed by atoms with Crippen molar-refractivity contribution in [3.8, 4) is 0 Å². The van der Waals surface area contributed by atoms with Gasteiger partial charge in [-0.1, -0.05) is 13.3 Å². The van der Waals surface area contributed by atoms with Crippen LogP contribution in [-0.2, 0) is 0 Å². The highest BCUT2D eigenvalue weighted by Crippen LogP contribution is 2.53. The van der Waals surface area contributed by atoms with Crippen molar-refractivity contribution in [1.82, 2.24) is 0 Å². The highest BCUT2D eigenvalue weighted by Gasteiger charge is 2.74. The van der Waals surface area contributed by atoms with Crippen molar-refractivity contribution in [3.63, 3.8) is 0 Å². The molecule has 0 heterocycles. The molecule has 21 heteroatoms. The molecule has 1 unspecified atom stereocenters. The standard InChI is InChI=1S/C17H18F18O3/c1-7(4-9(36,12(18,19)20)13(21,22)23)2-3-8(5-10(37,14(24,25)26)15(27,28)29)6-11(38,16(30,31)32)17(33,34)35/h7-8,36-38H,2-6H2,1H3. The highest BCUT2D eigenvalue weighted by atomic mass is 19.4. The summed E-state index contributed by atoms with van der Waals surface area (Å²) < 4.78 is 233. The molecule has 0 radical (unpaired) electrons. The van der Waals surface area contributed by atoms with Crippen LogP contribution >= 0.6 is 0 Å². The Labute approximate surface area is 200 Å². The SMILES string of the molecule is CC(CCC(CC(O)(C(F)(F)F)C(F)(F)F)CC(O)(C(F)(F)F)C(F)(F)F)CC(O)(C(F)(F)F)C(F)(F)F. The van der Waals surface area contributed by atoms with Crippen molar-refractivity contribution in [3.05, 3.63) is 0 Å². The monoisotopic (exact) mass is 612 g/mol. The summed E-state index contributed by atoms with van der Waals surface area (Å²) >= 11 is 0. The summed E-state index contributed by atoms with van der Waals surface area (Å²) in [5.41, 5.74) is -17.5. The smallest absolute Gasteiger partial charge is 0.374 e. The molecule has 230 valence electrons. The van der Waals surface area contributed by atoms with Crippen LogP contribution in [0.25, 0.3) is 0 Å². The number of alkyl halides is 18. The molecule has 1 atom stereocenters. The molecule has 0 aliphatic rings. The lowest BCUT2D eigenvalue weighted by Gasteiger charge is -2.39. The first-order valence-electron chi connectivity index (χ1n) is 9.75. The van der Waals surface area contributed by atoms with Crippen LogP contribution in [0.2, 0.25) is 0 Å². The van der Waals surface area contributed by atoms with Crippen molar-refractivity contribution >= 4 is 0 Å². The summed E-state index contributed by atoms with van der Waals surface area (Å²) in [6.45, 7) is 0.374. The first-order chi connectivity index (χ1) is 16.2. The van der Waals surface area contributed by atoms with Crippen LogP contribution in [0.5, 0.6) is 0 Å². The van der Waals surface area contributed by atoms with E-state index < -0.39 is 97.8 Å². The van der Waals surface area contributed by atoms with Crippen molar-refractivity contribution in [2.24, 2.45) is 11.8 Å². The maximum Gasteiger partial charge on any atom is 0.426 e. The van der Waals surface area contributed by atoms with Crippen molar-refractivity contribution < 1.29 is 94.3 Å². The summed E-state index contributed by atoms with van der Waals surface area (Å²) in [5.74, 6) is -5.55. The van der Waals surface area contributed by atoms with Crippen molar-refractivity contribution in [1.29, 1.82) is 0 Å². The van der Waals surface area contributed by atoms with Gasteiger partial charge in [0, 0.05) is 0 Å². The molecule has 38 heavy (non-hydrogen) atoms. The Hall–Kier alpha value is -1.38. The van der Waals surface area contributed by atoms with Crippen LogP contribution in [0.4, 0.5) is 79.0 Å². The van der Waals surface area contributed by atoms with Crippen molar-refractivity contribution in [2.75, 3.05) is 0 Å². The summed E-state index contributed by atoms with van der Waals surface area (Å²) in [7, 11) is 0. The van der Waals surface area contributed by atoms with E-state index in [0.717, 1.165) is 0 Å². The summed E-state index contributed by atoms with van der Waals surface area (Å²) in [6.07, 6.45) is -51.9. The molecular weight excluding hydrogens is 594 g/mol.